The smallest absolute Gasteiger partial charge is 0.0975 e. The number of aromatic nitrogens is 1. The Balaban J connectivity index is 1.31. The minimum Gasteiger partial charge on any atom is -0.393 e. The number of hydrogen-bond acceptors (Lipinski definition) is 3. The summed E-state index contributed by atoms with van der Waals surface area (Å²) in [4.78, 5) is 4.36. The van der Waals surface area contributed by atoms with Gasteiger partial charge in [0, 0.05) is 17.8 Å². The molecular weight excluding hydrogens is 394 g/mol. The van der Waals surface area contributed by atoms with Crippen molar-refractivity contribution >= 4 is 10.8 Å². The van der Waals surface area contributed by atoms with E-state index in [1.165, 1.54) is 40.3 Å². The van der Waals surface area contributed by atoms with Crippen LogP contribution in [0.5, 0.6) is 0 Å². The van der Waals surface area contributed by atoms with Gasteiger partial charge in [0.1, 0.15) is 0 Å². The maximum absolute atomic E-state index is 10.4. The molecule has 1 aromatic carbocycles. The lowest BCUT2D eigenvalue weighted by atomic mass is 9.58. The lowest BCUT2D eigenvalue weighted by Crippen LogP contribution is -2.55. The van der Waals surface area contributed by atoms with Crippen molar-refractivity contribution in [3.05, 3.63) is 65.5 Å². The molecule has 1 N–H and O–H groups in total. The number of aliphatic hydroxyl groups is 1. The van der Waals surface area contributed by atoms with Crippen molar-refractivity contribution in [3.8, 4) is 0 Å². The molecule has 7 unspecified atom stereocenters. The first-order valence-corrected chi connectivity index (χ1v) is 12.6. The molecule has 5 aliphatic rings. The zero-order chi connectivity index (χ0) is 21.7. The summed E-state index contributed by atoms with van der Waals surface area (Å²) in [6, 6.07) is 9.13. The molecule has 166 valence electrons. The summed E-state index contributed by atoms with van der Waals surface area (Å²) in [7, 11) is 0. The molecule has 1 aromatic heterocycles. The van der Waals surface area contributed by atoms with Crippen LogP contribution in [0, 0.1) is 17.3 Å². The van der Waals surface area contributed by atoms with E-state index < -0.39 is 0 Å². The predicted octanol–water partition coefficient (Wildman–Crippen LogP) is 6.08. The number of rotatable bonds is 1. The highest BCUT2D eigenvalue weighted by Gasteiger charge is 2.67. The van der Waals surface area contributed by atoms with Gasteiger partial charge in [0.2, 0.25) is 0 Å². The number of ether oxygens (including phenoxy) is 1. The van der Waals surface area contributed by atoms with Crippen molar-refractivity contribution in [2.75, 3.05) is 0 Å². The van der Waals surface area contributed by atoms with Gasteiger partial charge in [-0.15, -0.1) is 0 Å². The zero-order valence-electron chi connectivity index (χ0n) is 19.2. The second kappa shape index (κ2) is 6.33. The minimum atomic E-state index is -0.216. The van der Waals surface area contributed by atoms with Crippen LogP contribution in [0.1, 0.15) is 70.3 Å². The Morgan fingerprint density at radius 2 is 1.97 bits per heavy atom. The molecule has 7 atom stereocenters. The van der Waals surface area contributed by atoms with Gasteiger partial charge in [-0.05, 0) is 102 Å². The van der Waals surface area contributed by atoms with Gasteiger partial charge in [-0.1, -0.05) is 38.1 Å². The van der Waals surface area contributed by atoms with E-state index in [-0.39, 0.29) is 22.7 Å². The number of pyridine rings is 1. The van der Waals surface area contributed by atoms with Crippen LogP contribution in [-0.2, 0) is 4.74 Å². The first-order valence-electron chi connectivity index (χ1n) is 12.6. The van der Waals surface area contributed by atoms with Crippen LogP contribution >= 0.6 is 0 Å². The molecule has 1 saturated heterocycles. The van der Waals surface area contributed by atoms with Crippen molar-refractivity contribution in [1.82, 2.24) is 4.98 Å². The first-order chi connectivity index (χ1) is 15.4. The van der Waals surface area contributed by atoms with E-state index in [1.807, 2.05) is 12.4 Å². The maximum Gasteiger partial charge on any atom is 0.0975 e. The standard InChI is InChI=1S/C29H33NO2/c1-18-13-24(31)16-23-15-22-7-9-27(2)25(20-4-3-19-8-12-30-17-21(19)14-20)5-6-26(27)29(22)11-10-28(18,23)32-29/h3-4,7-8,12,14-15,17-18,24-26,31H,5-6,9-11,13,16H2,1-2H3. The Kier molecular flexibility index (Phi) is 3.86. The molecular formula is C29H33NO2. The van der Waals surface area contributed by atoms with E-state index >= 15 is 0 Å². The van der Waals surface area contributed by atoms with Crippen LogP contribution in [0.2, 0.25) is 0 Å². The van der Waals surface area contributed by atoms with Crippen molar-refractivity contribution in [3.63, 3.8) is 0 Å². The van der Waals surface area contributed by atoms with Crippen LogP contribution in [0.15, 0.2) is 60.0 Å². The first kappa shape index (κ1) is 19.5. The van der Waals surface area contributed by atoms with Gasteiger partial charge in [0.25, 0.3) is 0 Å². The third kappa shape index (κ3) is 2.32. The van der Waals surface area contributed by atoms with E-state index in [0.29, 0.717) is 17.8 Å². The average Bonchev–Trinajstić information content (AvgIpc) is 3.31. The fraction of sp³-hybridized carbons (Fsp3) is 0.552. The summed E-state index contributed by atoms with van der Waals surface area (Å²) in [5.41, 5.74) is 4.21. The van der Waals surface area contributed by atoms with Gasteiger partial charge in [0.15, 0.2) is 0 Å². The van der Waals surface area contributed by atoms with Crippen LogP contribution in [0.25, 0.3) is 10.8 Å². The SMILES string of the molecule is CC1CC(O)CC2=CC3=CCC4(C)C(c5ccc6ccncc6c5)CCC4C34CCC21O4. The summed E-state index contributed by atoms with van der Waals surface area (Å²) in [5, 5.41) is 13.0. The summed E-state index contributed by atoms with van der Waals surface area (Å²) < 4.78 is 7.32. The molecule has 0 amide bonds. The lowest BCUT2D eigenvalue weighted by molar-refractivity contribution is -0.157. The van der Waals surface area contributed by atoms with Crippen molar-refractivity contribution in [2.45, 2.75) is 82.0 Å². The molecule has 2 bridgehead atoms. The molecule has 3 fully saturated rings. The Morgan fingerprint density at radius 3 is 2.88 bits per heavy atom. The fourth-order valence-electron chi connectivity index (χ4n) is 8.65. The number of aliphatic hydroxyl groups excluding tert-OH is 1. The van der Waals surface area contributed by atoms with Crippen LogP contribution in [-0.4, -0.2) is 27.4 Å². The van der Waals surface area contributed by atoms with E-state index in [4.69, 9.17) is 4.74 Å². The van der Waals surface area contributed by atoms with E-state index in [0.717, 1.165) is 32.1 Å². The third-order valence-electron chi connectivity index (χ3n) is 10.2. The van der Waals surface area contributed by atoms with Gasteiger partial charge >= 0.3 is 0 Å². The highest BCUT2D eigenvalue weighted by Crippen LogP contribution is 2.69. The molecule has 7 rings (SSSR count). The van der Waals surface area contributed by atoms with Crippen molar-refractivity contribution in [1.29, 1.82) is 0 Å². The Bertz CT molecular complexity index is 1180. The minimum absolute atomic E-state index is 0.125. The quantitative estimate of drug-likeness (QED) is 0.599. The second-order valence-electron chi connectivity index (χ2n) is 11.6. The van der Waals surface area contributed by atoms with Gasteiger partial charge in [-0.25, -0.2) is 0 Å². The normalized spacial score (nSPS) is 44.5. The van der Waals surface area contributed by atoms with Crippen LogP contribution in [0.4, 0.5) is 0 Å². The number of allylic oxidation sites excluding steroid dienone is 1. The summed E-state index contributed by atoms with van der Waals surface area (Å²) >= 11 is 0. The van der Waals surface area contributed by atoms with Crippen molar-refractivity contribution in [2.24, 2.45) is 17.3 Å². The lowest BCUT2D eigenvalue weighted by Gasteiger charge is -2.55. The zero-order valence-corrected chi connectivity index (χ0v) is 19.2. The fourth-order valence-corrected chi connectivity index (χ4v) is 8.65. The average molecular weight is 428 g/mol. The Morgan fingerprint density at radius 1 is 1.09 bits per heavy atom. The molecule has 3 aliphatic carbocycles. The van der Waals surface area contributed by atoms with Crippen molar-refractivity contribution < 1.29 is 9.84 Å². The Hall–Kier alpha value is -1.97. The molecule has 2 saturated carbocycles. The summed E-state index contributed by atoms with van der Waals surface area (Å²) in [6.07, 6.45) is 16.1. The summed E-state index contributed by atoms with van der Waals surface area (Å²) in [5.74, 6) is 1.50. The molecule has 32 heavy (non-hydrogen) atoms. The molecule has 0 radical (unpaired) electrons. The molecule has 2 aromatic rings. The van der Waals surface area contributed by atoms with Gasteiger partial charge < -0.3 is 9.84 Å². The molecule has 3 heteroatoms. The largest absolute Gasteiger partial charge is 0.393 e. The van der Waals surface area contributed by atoms with E-state index in [1.54, 1.807) is 0 Å². The topological polar surface area (TPSA) is 42.4 Å². The third-order valence-corrected chi connectivity index (χ3v) is 10.2. The monoisotopic (exact) mass is 427 g/mol. The second-order valence-corrected chi connectivity index (χ2v) is 11.6. The number of fused-ring (bicyclic) bond motifs is 2. The molecule has 3 heterocycles. The number of benzene rings is 1. The maximum atomic E-state index is 10.4. The van der Waals surface area contributed by atoms with Gasteiger partial charge in [0.05, 0.1) is 17.3 Å². The number of nitrogens with zero attached hydrogens (tertiary/aromatic N) is 1. The number of hydrogen-bond donors (Lipinski definition) is 1. The van der Waals surface area contributed by atoms with Gasteiger partial charge in [-0.3, -0.25) is 4.98 Å². The highest BCUT2D eigenvalue weighted by atomic mass is 16.5. The van der Waals surface area contributed by atoms with E-state index in [2.05, 4.69) is 55.2 Å². The highest BCUT2D eigenvalue weighted by molar-refractivity contribution is 5.82. The van der Waals surface area contributed by atoms with Crippen LogP contribution < -0.4 is 0 Å². The Labute approximate surface area is 190 Å². The molecule has 2 spiro atoms. The summed E-state index contributed by atoms with van der Waals surface area (Å²) in [6.45, 7) is 4.83. The molecule has 3 nitrogen and oxygen atoms in total. The van der Waals surface area contributed by atoms with Crippen LogP contribution in [0.3, 0.4) is 0 Å². The predicted molar refractivity (Wildman–Crippen MR) is 126 cm³/mol. The van der Waals surface area contributed by atoms with E-state index in [9.17, 15) is 5.11 Å². The molecule has 2 aliphatic heterocycles. The van der Waals surface area contributed by atoms with Gasteiger partial charge in [-0.2, -0.15) is 0 Å².